The summed E-state index contributed by atoms with van der Waals surface area (Å²) in [5.74, 6) is -0.538. The summed E-state index contributed by atoms with van der Waals surface area (Å²) in [5.41, 5.74) is 0.0164. The molecule has 16 heavy (non-hydrogen) atoms. The van der Waals surface area contributed by atoms with Gasteiger partial charge in [-0.15, -0.1) is 0 Å². The lowest BCUT2D eigenvalue weighted by atomic mass is 9.99. The number of rotatable bonds is 4. The Morgan fingerprint density at radius 3 is 2.62 bits per heavy atom. The van der Waals surface area contributed by atoms with Crippen molar-refractivity contribution < 1.29 is 14.4 Å². The number of aliphatic hydroxyl groups is 1. The minimum Gasteiger partial charge on any atom is -0.393 e. The molecule has 0 aliphatic carbocycles. The van der Waals surface area contributed by atoms with Crippen LogP contribution in [0.2, 0.25) is 0 Å². The van der Waals surface area contributed by atoms with Crippen molar-refractivity contribution in [2.24, 2.45) is 5.92 Å². The van der Waals surface area contributed by atoms with E-state index in [0.717, 1.165) is 12.1 Å². The van der Waals surface area contributed by atoms with E-state index in [-0.39, 0.29) is 23.6 Å². The number of hydrogen-bond acceptors (Lipinski definition) is 3. The summed E-state index contributed by atoms with van der Waals surface area (Å²) >= 11 is 0. The van der Waals surface area contributed by atoms with E-state index in [1.54, 1.807) is 13.8 Å². The molecule has 0 saturated carbocycles. The van der Waals surface area contributed by atoms with Crippen molar-refractivity contribution in [3.8, 4) is 0 Å². The van der Waals surface area contributed by atoms with E-state index in [9.17, 15) is 19.6 Å². The van der Waals surface area contributed by atoms with Crippen LogP contribution in [0.3, 0.4) is 0 Å². The third-order valence-electron chi connectivity index (χ3n) is 2.44. The molecule has 0 aliphatic heterocycles. The predicted octanol–water partition coefficient (Wildman–Crippen LogP) is 2.29. The lowest BCUT2D eigenvalue weighted by molar-refractivity contribution is -0.385. The van der Waals surface area contributed by atoms with Gasteiger partial charge in [0.15, 0.2) is 0 Å². The van der Waals surface area contributed by atoms with E-state index in [4.69, 9.17) is 0 Å². The fourth-order valence-electron chi connectivity index (χ4n) is 1.29. The molecule has 0 heterocycles. The molecular formula is C11H14FNO3. The van der Waals surface area contributed by atoms with Crippen LogP contribution in [0, 0.1) is 21.8 Å². The fourth-order valence-corrected chi connectivity index (χ4v) is 1.29. The molecule has 0 saturated heterocycles. The first-order valence-corrected chi connectivity index (χ1v) is 5.02. The van der Waals surface area contributed by atoms with E-state index >= 15 is 0 Å². The highest BCUT2D eigenvalue weighted by Gasteiger charge is 2.16. The van der Waals surface area contributed by atoms with Gasteiger partial charge in [-0.05, 0) is 17.5 Å². The highest BCUT2D eigenvalue weighted by molar-refractivity contribution is 5.35. The van der Waals surface area contributed by atoms with Crippen LogP contribution in [-0.2, 0) is 6.42 Å². The molecule has 5 heteroatoms. The number of aliphatic hydroxyl groups excluding tert-OH is 1. The molecule has 88 valence electrons. The monoisotopic (exact) mass is 227 g/mol. The van der Waals surface area contributed by atoms with Gasteiger partial charge in [0.25, 0.3) is 5.69 Å². The number of nitro groups is 1. The van der Waals surface area contributed by atoms with E-state index in [2.05, 4.69) is 0 Å². The van der Waals surface area contributed by atoms with Crippen molar-refractivity contribution in [3.63, 3.8) is 0 Å². The molecule has 1 aromatic rings. The van der Waals surface area contributed by atoms with Crippen LogP contribution in [0.25, 0.3) is 0 Å². The maximum Gasteiger partial charge on any atom is 0.269 e. The Morgan fingerprint density at radius 1 is 1.50 bits per heavy atom. The number of nitro benzene ring substituents is 1. The zero-order valence-corrected chi connectivity index (χ0v) is 9.18. The molecule has 0 amide bonds. The molecule has 0 bridgehead atoms. The van der Waals surface area contributed by atoms with Gasteiger partial charge in [-0.1, -0.05) is 13.8 Å². The summed E-state index contributed by atoms with van der Waals surface area (Å²) in [6, 6.07) is 3.34. The first-order valence-electron chi connectivity index (χ1n) is 5.02. The third kappa shape index (κ3) is 3.00. The highest BCUT2D eigenvalue weighted by Crippen LogP contribution is 2.19. The van der Waals surface area contributed by atoms with Gasteiger partial charge in [0.05, 0.1) is 11.0 Å². The van der Waals surface area contributed by atoms with Crippen LogP contribution in [0.15, 0.2) is 18.2 Å². The summed E-state index contributed by atoms with van der Waals surface area (Å²) in [7, 11) is 0. The SMILES string of the molecule is CC(C)C(O)Cc1cc([N+](=O)[O-])ccc1F. The number of hydrogen-bond donors (Lipinski definition) is 1. The molecule has 0 aliphatic rings. The first kappa shape index (κ1) is 12.6. The van der Waals surface area contributed by atoms with Crippen LogP contribution in [0.5, 0.6) is 0 Å². The topological polar surface area (TPSA) is 63.4 Å². The van der Waals surface area contributed by atoms with E-state index in [1.165, 1.54) is 6.07 Å². The molecule has 1 rings (SSSR count). The second-order valence-electron chi connectivity index (χ2n) is 4.05. The Balaban J connectivity index is 2.94. The summed E-state index contributed by atoms with van der Waals surface area (Å²) in [6.45, 7) is 3.61. The van der Waals surface area contributed by atoms with Crippen molar-refractivity contribution in [1.82, 2.24) is 0 Å². The van der Waals surface area contributed by atoms with E-state index in [1.807, 2.05) is 0 Å². The van der Waals surface area contributed by atoms with Crippen molar-refractivity contribution in [1.29, 1.82) is 0 Å². The highest BCUT2D eigenvalue weighted by atomic mass is 19.1. The van der Waals surface area contributed by atoms with Crippen LogP contribution in [-0.4, -0.2) is 16.1 Å². The van der Waals surface area contributed by atoms with Crippen LogP contribution in [0.4, 0.5) is 10.1 Å². The summed E-state index contributed by atoms with van der Waals surface area (Å²) < 4.78 is 13.3. The van der Waals surface area contributed by atoms with E-state index < -0.39 is 16.8 Å². The van der Waals surface area contributed by atoms with Gasteiger partial charge in [-0.3, -0.25) is 10.1 Å². The van der Waals surface area contributed by atoms with Gasteiger partial charge in [0.1, 0.15) is 5.82 Å². The molecule has 4 nitrogen and oxygen atoms in total. The second-order valence-corrected chi connectivity index (χ2v) is 4.05. The maximum absolute atomic E-state index is 13.3. The largest absolute Gasteiger partial charge is 0.393 e. The summed E-state index contributed by atoms with van der Waals surface area (Å²) in [5, 5.41) is 20.1. The van der Waals surface area contributed by atoms with Gasteiger partial charge >= 0.3 is 0 Å². The lowest BCUT2D eigenvalue weighted by Gasteiger charge is -2.14. The smallest absolute Gasteiger partial charge is 0.269 e. The Hall–Kier alpha value is -1.49. The maximum atomic E-state index is 13.3. The van der Waals surface area contributed by atoms with Gasteiger partial charge in [-0.2, -0.15) is 0 Å². The van der Waals surface area contributed by atoms with Crippen molar-refractivity contribution >= 4 is 5.69 Å². The lowest BCUT2D eigenvalue weighted by Crippen LogP contribution is -2.18. The predicted molar refractivity (Wildman–Crippen MR) is 57.6 cm³/mol. The Morgan fingerprint density at radius 2 is 2.12 bits per heavy atom. The molecule has 1 aromatic carbocycles. The zero-order valence-electron chi connectivity index (χ0n) is 9.18. The molecule has 1 atom stereocenters. The normalized spacial score (nSPS) is 12.8. The third-order valence-corrected chi connectivity index (χ3v) is 2.44. The minimum atomic E-state index is -0.698. The first-order chi connectivity index (χ1) is 7.41. The average molecular weight is 227 g/mol. The molecule has 1 N–H and O–H groups in total. The summed E-state index contributed by atoms with van der Waals surface area (Å²) in [4.78, 5) is 9.93. The number of halogens is 1. The van der Waals surface area contributed by atoms with Crippen LogP contribution < -0.4 is 0 Å². The molecule has 0 fully saturated rings. The number of nitrogens with zero attached hydrogens (tertiary/aromatic N) is 1. The number of non-ortho nitro benzene ring substituents is 1. The summed E-state index contributed by atoms with van der Waals surface area (Å²) in [6.07, 6.45) is -0.609. The Bertz CT molecular complexity index is 393. The Labute approximate surface area is 92.9 Å². The Kier molecular flexibility index (Phi) is 3.95. The van der Waals surface area contributed by atoms with Crippen LogP contribution >= 0.6 is 0 Å². The quantitative estimate of drug-likeness (QED) is 0.634. The fraction of sp³-hybridized carbons (Fsp3) is 0.455. The van der Waals surface area contributed by atoms with Gasteiger partial charge < -0.3 is 5.11 Å². The van der Waals surface area contributed by atoms with E-state index in [0.29, 0.717) is 0 Å². The molecular weight excluding hydrogens is 213 g/mol. The van der Waals surface area contributed by atoms with Crippen LogP contribution in [0.1, 0.15) is 19.4 Å². The standard InChI is InChI=1S/C11H14FNO3/c1-7(2)11(14)6-8-5-9(13(15)16)3-4-10(8)12/h3-5,7,11,14H,6H2,1-2H3. The van der Waals surface area contributed by atoms with Gasteiger partial charge in [0.2, 0.25) is 0 Å². The van der Waals surface area contributed by atoms with Crippen molar-refractivity contribution in [2.45, 2.75) is 26.4 Å². The molecule has 0 spiro atoms. The minimum absolute atomic E-state index is 0.0151. The average Bonchev–Trinajstić information content (AvgIpc) is 2.20. The van der Waals surface area contributed by atoms with Gasteiger partial charge in [-0.25, -0.2) is 4.39 Å². The molecule has 1 unspecified atom stereocenters. The molecule has 0 aromatic heterocycles. The second kappa shape index (κ2) is 5.03. The van der Waals surface area contributed by atoms with Gasteiger partial charge in [0, 0.05) is 18.6 Å². The van der Waals surface area contributed by atoms with Crippen molar-refractivity contribution in [3.05, 3.63) is 39.7 Å². The molecule has 0 radical (unpaired) electrons. The number of benzene rings is 1. The zero-order chi connectivity index (χ0) is 12.3. The van der Waals surface area contributed by atoms with Crippen molar-refractivity contribution in [2.75, 3.05) is 0 Å².